The van der Waals surface area contributed by atoms with Crippen LogP contribution in [-0.2, 0) is 4.79 Å². The van der Waals surface area contributed by atoms with Crippen LogP contribution in [0, 0.1) is 18.8 Å². The number of nitrogens with zero attached hydrogens (tertiary/aromatic N) is 1. The van der Waals surface area contributed by atoms with Crippen molar-refractivity contribution in [1.82, 2.24) is 0 Å². The van der Waals surface area contributed by atoms with Gasteiger partial charge in [-0.2, -0.15) is 0 Å². The zero-order chi connectivity index (χ0) is 15.7. The summed E-state index contributed by atoms with van der Waals surface area (Å²) in [7, 11) is 0. The normalized spacial score (nSPS) is 35.9. The van der Waals surface area contributed by atoms with Gasteiger partial charge in [0.2, 0.25) is 0 Å². The molecule has 118 valence electrons. The molecule has 0 saturated heterocycles. The molecule has 0 bridgehead atoms. The van der Waals surface area contributed by atoms with Crippen LogP contribution in [0.2, 0.25) is 0 Å². The Labute approximate surface area is 136 Å². The van der Waals surface area contributed by atoms with E-state index < -0.39 is 12.0 Å². The summed E-state index contributed by atoms with van der Waals surface area (Å²) in [5.74, 6) is 0.386. The highest BCUT2D eigenvalue weighted by Gasteiger charge is 2.47. The van der Waals surface area contributed by atoms with Crippen molar-refractivity contribution in [3.8, 4) is 0 Å². The van der Waals surface area contributed by atoms with Crippen LogP contribution in [0.3, 0.4) is 0 Å². The van der Waals surface area contributed by atoms with Crippen molar-refractivity contribution in [3.63, 3.8) is 0 Å². The van der Waals surface area contributed by atoms with Crippen LogP contribution in [0.5, 0.6) is 0 Å². The molecule has 23 heavy (non-hydrogen) atoms. The first-order valence-corrected chi connectivity index (χ1v) is 8.60. The smallest absolute Gasteiger partial charge is 0.0727 e. The number of aliphatic carboxylic acids is 1. The number of rotatable bonds is 1. The number of carbonyl (C=O) groups is 1. The molecular weight excluding hydrogens is 286 g/mol. The van der Waals surface area contributed by atoms with Gasteiger partial charge in [0.25, 0.3) is 0 Å². The number of carboxylic acids is 1. The summed E-state index contributed by atoms with van der Waals surface area (Å²) in [6.07, 6.45) is 10.8. The van der Waals surface area contributed by atoms with Gasteiger partial charge in [-0.1, -0.05) is 42.0 Å². The molecule has 1 aromatic rings. The predicted molar refractivity (Wildman–Crippen MR) is 87.3 cm³/mol. The van der Waals surface area contributed by atoms with Crippen molar-refractivity contribution in [2.75, 3.05) is 11.4 Å². The maximum Gasteiger partial charge on any atom is 0.0727 e. The lowest BCUT2D eigenvalue weighted by molar-refractivity contribution is -0.309. The number of hydrogen-bond acceptors (Lipinski definition) is 3. The molecule has 0 amide bonds. The monoisotopic (exact) mass is 306 g/mol. The number of allylic oxidation sites excluding steroid dienone is 4. The molecule has 0 unspecified atom stereocenters. The van der Waals surface area contributed by atoms with Gasteiger partial charge in [-0.15, -0.1) is 0 Å². The standard InChI is InChI=1S/C20H21NO2/c1-11-8-16-13-5-2-4-12(13)10-21-18(16)17(9-11)14-6-3-7-15(14)19(21)20(22)23/h2-3,5-6,8-9,12-15,19H,4,7,10H2,1H3,(H,22,23)/p-1/t12-,13+,14-,15-,19-/m1/s1. The summed E-state index contributed by atoms with van der Waals surface area (Å²) in [5, 5.41) is 12.0. The average Bonchev–Trinajstić information content (AvgIpc) is 3.15. The molecule has 2 heterocycles. The van der Waals surface area contributed by atoms with Gasteiger partial charge in [-0.25, -0.2) is 0 Å². The highest BCUT2D eigenvalue weighted by atomic mass is 16.4. The van der Waals surface area contributed by atoms with Gasteiger partial charge in [-0.3, -0.25) is 0 Å². The highest BCUT2D eigenvalue weighted by Crippen LogP contribution is 2.55. The summed E-state index contributed by atoms with van der Waals surface area (Å²) in [6, 6.07) is 4.04. The van der Waals surface area contributed by atoms with Crippen molar-refractivity contribution in [1.29, 1.82) is 0 Å². The van der Waals surface area contributed by atoms with Crippen LogP contribution in [0.4, 0.5) is 5.69 Å². The molecular formula is C20H20NO2-. The zero-order valence-corrected chi connectivity index (χ0v) is 13.2. The lowest BCUT2D eigenvalue weighted by Crippen LogP contribution is -2.58. The van der Waals surface area contributed by atoms with E-state index >= 15 is 0 Å². The first-order valence-electron chi connectivity index (χ1n) is 8.60. The fourth-order valence-electron chi connectivity index (χ4n) is 5.39. The number of hydrogen-bond donors (Lipinski definition) is 0. The number of fused-ring (bicyclic) bond motifs is 4. The second kappa shape index (κ2) is 4.50. The number of benzene rings is 1. The molecule has 0 N–H and O–H groups in total. The van der Waals surface area contributed by atoms with E-state index in [9.17, 15) is 9.90 Å². The molecule has 3 nitrogen and oxygen atoms in total. The van der Waals surface area contributed by atoms with E-state index in [1.165, 1.54) is 22.4 Å². The minimum Gasteiger partial charge on any atom is -0.548 e. The Morgan fingerprint density at radius 2 is 1.83 bits per heavy atom. The molecule has 3 heteroatoms. The minimum absolute atomic E-state index is 0.119. The second-order valence-electron chi connectivity index (χ2n) is 7.51. The van der Waals surface area contributed by atoms with Crippen molar-refractivity contribution in [2.45, 2.75) is 37.6 Å². The fraction of sp³-hybridized carbons (Fsp3) is 0.450. The van der Waals surface area contributed by atoms with E-state index in [-0.39, 0.29) is 11.8 Å². The quantitative estimate of drug-likeness (QED) is 0.748. The summed E-state index contributed by atoms with van der Waals surface area (Å²) < 4.78 is 0. The lowest BCUT2D eigenvalue weighted by Gasteiger charge is -2.51. The first-order chi connectivity index (χ1) is 11.1. The molecule has 0 spiro atoms. The number of carboxylic acid groups (broad SMARTS) is 1. The summed E-state index contributed by atoms with van der Waals surface area (Å²) in [5.41, 5.74) is 5.13. The van der Waals surface area contributed by atoms with Gasteiger partial charge in [-0.05, 0) is 42.7 Å². The van der Waals surface area contributed by atoms with Gasteiger partial charge in [0.1, 0.15) is 0 Å². The Morgan fingerprint density at radius 3 is 2.61 bits per heavy atom. The van der Waals surface area contributed by atoms with Crippen molar-refractivity contribution < 1.29 is 9.90 Å². The summed E-state index contributed by atoms with van der Waals surface area (Å²) >= 11 is 0. The van der Waals surface area contributed by atoms with Gasteiger partial charge in [0.15, 0.2) is 0 Å². The Kier molecular flexibility index (Phi) is 2.62. The van der Waals surface area contributed by atoms with Gasteiger partial charge in [0, 0.05) is 24.1 Å². The SMILES string of the molecule is Cc1cc2c3c(c1)[C@@H]1C=CC[C@H]1[C@H](C(=O)[O-])N3C[C@H]1CC=C[C@H]21. The van der Waals surface area contributed by atoms with E-state index in [0.717, 1.165) is 19.4 Å². The van der Waals surface area contributed by atoms with Crippen LogP contribution in [0.25, 0.3) is 0 Å². The molecule has 5 rings (SSSR count). The summed E-state index contributed by atoms with van der Waals surface area (Å²) in [6.45, 7) is 2.99. The third-order valence-electron chi connectivity index (χ3n) is 6.24. The van der Waals surface area contributed by atoms with E-state index in [2.05, 4.69) is 48.3 Å². The van der Waals surface area contributed by atoms with E-state index in [1.54, 1.807) is 0 Å². The number of carbonyl (C=O) groups excluding carboxylic acids is 1. The molecule has 4 aliphatic rings. The van der Waals surface area contributed by atoms with Crippen LogP contribution < -0.4 is 10.0 Å². The predicted octanol–water partition coefficient (Wildman–Crippen LogP) is 2.27. The Morgan fingerprint density at radius 1 is 1.13 bits per heavy atom. The van der Waals surface area contributed by atoms with Crippen molar-refractivity contribution in [2.24, 2.45) is 11.8 Å². The number of aryl methyl sites for hydroxylation is 1. The average molecular weight is 306 g/mol. The molecule has 1 aromatic carbocycles. The van der Waals surface area contributed by atoms with Gasteiger partial charge in [0.05, 0.1) is 12.0 Å². The summed E-state index contributed by atoms with van der Waals surface area (Å²) in [4.78, 5) is 14.1. The van der Waals surface area contributed by atoms with Crippen molar-refractivity contribution in [3.05, 3.63) is 53.1 Å². The molecule has 0 saturated carbocycles. The van der Waals surface area contributed by atoms with E-state index in [1.807, 2.05) is 0 Å². The Balaban J connectivity index is 1.78. The Hall–Kier alpha value is -2.03. The Bertz CT molecular complexity index is 746. The largest absolute Gasteiger partial charge is 0.548 e. The molecule has 5 atom stereocenters. The van der Waals surface area contributed by atoms with Crippen molar-refractivity contribution >= 4 is 11.7 Å². The molecule has 0 fully saturated rings. The zero-order valence-electron chi connectivity index (χ0n) is 13.2. The number of anilines is 1. The van der Waals surface area contributed by atoms with Crippen LogP contribution >= 0.6 is 0 Å². The molecule has 0 radical (unpaired) electrons. The second-order valence-corrected chi connectivity index (χ2v) is 7.51. The van der Waals surface area contributed by atoms with Crippen LogP contribution in [0.15, 0.2) is 36.4 Å². The molecule has 0 aromatic heterocycles. The first kappa shape index (κ1) is 13.4. The van der Waals surface area contributed by atoms with E-state index in [4.69, 9.17) is 0 Å². The van der Waals surface area contributed by atoms with Crippen LogP contribution in [0.1, 0.15) is 41.4 Å². The van der Waals surface area contributed by atoms with E-state index in [0.29, 0.717) is 11.8 Å². The minimum atomic E-state index is -0.912. The molecule has 2 aliphatic carbocycles. The van der Waals surface area contributed by atoms with Gasteiger partial charge < -0.3 is 14.8 Å². The van der Waals surface area contributed by atoms with Crippen LogP contribution in [-0.4, -0.2) is 18.6 Å². The third-order valence-corrected chi connectivity index (χ3v) is 6.24. The topological polar surface area (TPSA) is 43.4 Å². The third kappa shape index (κ3) is 1.68. The highest BCUT2D eigenvalue weighted by molar-refractivity contribution is 5.82. The van der Waals surface area contributed by atoms with Gasteiger partial charge >= 0.3 is 0 Å². The maximum absolute atomic E-state index is 12.0. The fourth-order valence-corrected chi connectivity index (χ4v) is 5.39. The maximum atomic E-state index is 12.0. The molecule has 2 aliphatic heterocycles. The lowest BCUT2D eigenvalue weighted by atomic mass is 9.71.